The molecule has 2 atom stereocenters. The second-order valence-electron chi connectivity index (χ2n) is 5.76. The molecule has 104 valence electrons. The van der Waals surface area contributed by atoms with Crippen LogP contribution in [0.15, 0.2) is 30.3 Å². The molecular formula is C17H25NO. The van der Waals surface area contributed by atoms with Gasteiger partial charge in [0, 0.05) is 6.04 Å². The lowest BCUT2D eigenvalue weighted by molar-refractivity contribution is -0.124. The van der Waals surface area contributed by atoms with E-state index in [9.17, 15) is 4.79 Å². The molecule has 1 N–H and O–H groups in total. The minimum absolute atomic E-state index is 0.00759. The van der Waals surface area contributed by atoms with Crippen LogP contribution in [0.25, 0.3) is 0 Å². The number of nitrogens with one attached hydrogen (secondary N) is 1. The average Bonchev–Trinajstić information content (AvgIpc) is 2.93. The summed E-state index contributed by atoms with van der Waals surface area (Å²) in [5.74, 6) is 0.586. The summed E-state index contributed by atoms with van der Waals surface area (Å²) in [4.78, 5) is 12.6. The highest BCUT2D eigenvalue weighted by Crippen LogP contribution is 2.28. The normalized spacial score (nSPS) is 19.1. The molecular weight excluding hydrogens is 234 g/mol. The van der Waals surface area contributed by atoms with E-state index in [4.69, 9.17) is 0 Å². The average molecular weight is 259 g/mol. The summed E-state index contributed by atoms with van der Waals surface area (Å²) >= 11 is 0. The van der Waals surface area contributed by atoms with Crippen molar-refractivity contribution in [1.82, 2.24) is 5.32 Å². The van der Waals surface area contributed by atoms with Crippen LogP contribution in [-0.4, -0.2) is 11.9 Å². The van der Waals surface area contributed by atoms with E-state index in [2.05, 4.69) is 31.3 Å². The predicted molar refractivity (Wildman–Crippen MR) is 79.0 cm³/mol. The minimum atomic E-state index is -0.00759. The van der Waals surface area contributed by atoms with Crippen LogP contribution in [0.5, 0.6) is 0 Å². The summed E-state index contributed by atoms with van der Waals surface area (Å²) < 4.78 is 0. The van der Waals surface area contributed by atoms with Gasteiger partial charge in [-0.05, 0) is 24.3 Å². The highest BCUT2D eigenvalue weighted by molar-refractivity contribution is 5.84. The molecule has 2 heteroatoms. The van der Waals surface area contributed by atoms with Crippen LogP contribution >= 0.6 is 0 Å². The quantitative estimate of drug-likeness (QED) is 0.854. The van der Waals surface area contributed by atoms with Crippen LogP contribution in [0.3, 0.4) is 0 Å². The molecule has 1 fully saturated rings. The van der Waals surface area contributed by atoms with Gasteiger partial charge in [-0.2, -0.15) is 0 Å². The first kappa shape index (κ1) is 14.1. The van der Waals surface area contributed by atoms with E-state index in [1.807, 2.05) is 18.2 Å². The van der Waals surface area contributed by atoms with Crippen molar-refractivity contribution in [1.29, 1.82) is 0 Å². The summed E-state index contributed by atoms with van der Waals surface area (Å²) in [6.07, 6.45) is 5.83. The van der Waals surface area contributed by atoms with Gasteiger partial charge in [0.2, 0.25) is 5.91 Å². The van der Waals surface area contributed by atoms with Crippen LogP contribution in [0.4, 0.5) is 0 Å². The molecule has 0 radical (unpaired) electrons. The summed E-state index contributed by atoms with van der Waals surface area (Å²) in [5.41, 5.74) is 1.15. The Labute approximate surface area is 116 Å². The Balaban J connectivity index is 2.10. The van der Waals surface area contributed by atoms with Crippen molar-refractivity contribution in [3.63, 3.8) is 0 Å². The molecule has 0 heterocycles. The Morgan fingerprint density at radius 1 is 1.26 bits per heavy atom. The standard InChI is InChI=1S/C17H25NO/c1-3-13(2)16(14-9-5-4-6-10-14)17(19)18-15-11-7-8-12-15/h4-6,9-10,13,15-16H,3,7-8,11-12H2,1-2H3,(H,18,19). The first-order valence-corrected chi connectivity index (χ1v) is 7.57. The van der Waals surface area contributed by atoms with E-state index in [1.54, 1.807) is 0 Å². The SMILES string of the molecule is CCC(C)C(C(=O)NC1CCCC1)c1ccccc1. The van der Waals surface area contributed by atoms with E-state index in [0.29, 0.717) is 12.0 Å². The molecule has 1 aliphatic carbocycles. The number of benzene rings is 1. The molecule has 2 unspecified atom stereocenters. The van der Waals surface area contributed by atoms with Gasteiger partial charge in [0.15, 0.2) is 0 Å². The van der Waals surface area contributed by atoms with Crippen LogP contribution < -0.4 is 5.32 Å². The van der Waals surface area contributed by atoms with E-state index in [0.717, 1.165) is 24.8 Å². The van der Waals surface area contributed by atoms with E-state index >= 15 is 0 Å². The van der Waals surface area contributed by atoms with Gasteiger partial charge in [0.1, 0.15) is 0 Å². The van der Waals surface area contributed by atoms with Crippen molar-refractivity contribution in [2.75, 3.05) is 0 Å². The van der Waals surface area contributed by atoms with E-state index < -0.39 is 0 Å². The van der Waals surface area contributed by atoms with Gasteiger partial charge in [0.05, 0.1) is 5.92 Å². The first-order valence-electron chi connectivity index (χ1n) is 7.57. The Morgan fingerprint density at radius 2 is 1.89 bits per heavy atom. The molecule has 0 aliphatic heterocycles. The number of carbonyl (C=O) groups is 1. The van der Waals surface area contributed by atoms with Crippen LogP contribution in [0.1, 0.15) is 57.4 Å². The van der Waals surface area contributed by atoms with Crippen molar-refractivity contribution in [2.24, 2.45) is 5.92 Å². The highest BCUT2D eigenvalue weighted by Gasteiger charge is 2.28. The number of hydrogen-bond acceptors (Lipinski definition) is 1. The monoisotopic (exact) mass is 259 g/mol. The zero-order valence-electron chi connectivity index (χ0n) is 12.1. The fourth-order valence-electron chi connectivity index (χ4n) is 3.00. The predicted octanol–water partition coefficient (Wildman–Crippen LogP) is 3.88. The smallest absolute Gasteiger partial charge is 0.228 e. The van der Waals surface area contributed by atoms with Gasteiger partial charge in [-0.15, -0.1) is 0 Å². The summed E-state index contributed by atoms with van der Waals surface area (Å²) in [7, 11) is 0. The number of hydrogen-bond donors (Lipinski definition) is 1. The molecule has 1 saturated carbocycles. The lowest BCUT2D eigenvalue weighted by Crippen LogP contribution is -2.38. The molecule has 1 amide bonds. The minimum Gasteiger partial charge on any atom is -0.353 e. The molecule has 2 nitrogen and oxygen atoms in total. The van der Waals surface area contributed by atoms with Crippen LogP contribution in [0.2, 0.25) is 0 Å². The Bertz CT molecular complexity index is 395. The van der Waals surface area contributed by atoms with Crippen molar-refractivity contribution in [3.05, 3.63) is 35.9 Å². The topological polar surface area (TPSA) is 29.1 Å². The molecule has 0 bridgehead atoms. The molecule has 1 aromatic rings. The Morgan fingerprint density at radius 3 is 2.47 bits per heavy atom. The van der Waals surface area contributed by atoms with Crippen molar-refractivity contribution in [3.8, 4) is 0 Å². The van der Waals surface area contributed by atoms with E-state index in [-0.39, 0.29) is 11.8 Å². The molecule has 1 aliphatic rings. The number of amides is 1. The van der Waals surface area contributed by atoms with Gasteiger partial charge in [0.25, 0.3) is 0 Å². The van der Waals surface area contributed by atoms with Gasteiger partial charge < -0.3 is 5.32 Å². The van der Waals surface area contributed by atoms with Crippen molar-refractivity contribution >= 4 is 5.91 Å². The van der Waals surface area contributed by atoms with Crippen molar-refractivity contribution < 1.29 is 4.79 Å². The van der Waals surface area contributed by atoms with Crippen LogP contribution in [-0.2, 0) is 4.79 Å². The fourth-order valence-corrected chi connectivity index (χ4v) is 3.00. The second-order valence-corrected chi connectivity index (χ2v) is 5.76. The highest BCUT2D eigenvalue weighted by atomic mass is 16.2. The zero-order chi connectivity index (χ0) is 13.7. The maximum absolute atomic E-state index is 12.6. The molecule has 1 aromatic carbocycles. The second kappa shape index (κ2) is 6.74. The van der Waals surface area contributed by atoms with Crippen LogP contribution in [0, 0.1) is 5.92 Å². The van der Waals surface area contributed by atoms with Gasteiger partial charge in [-0.25, -0.2) is 0 Å². The maximum Gasteiger partial charge on any atom is 0.228 e. The lowest BCUT2D eigenvalue weighted by atomic mass is 9.84. The van der Waals surface area contributed by atoms with Gasteiger partial charge >= 0.3 is 0 Å². The summed E-state index contributed by atoms with van der Waals surface area (Å²) in [6, 6.07) is 10.6. The molecule has 0 saturated heterocycles. The largest absolute Gasteiger partial charge is 0.353 e. The van der Waals surface area contributed by atoms with Gasteiger partial charge in [-0.1, -0.05) is 63.4 Å². The molecule has 0 aromatic heterocycles. The number of carbonyl (C=O) groups excluding carboxylic acids is 1. The Kier molecular flexibility index (Phi) is 5.00. The fraction of sp³-hybridized carbons (Fsp3) is 0.588. The van der Waals surface area contributed by atoms with Crippen molar-refractivity contribution in [2.45, 2.75) is 57.9 Å². The molecule has 2 rings (SSSR count). The third-order valence-electron chi connectivity index (χ3n) is 4.36. The number of rotatable bonds is 5. The molecule has 19 heavy (non-hydrogen) atoms. The summed E-state index contributed by atoms with van der Waals surface area (Å²) in [6.45, 7) is 4.33. The van der Waals surface area contributed by atoms with E-state index in [1.165, 1.54) is 12.8 Å². The van der Waals surface area contributed by atoms with Gasteiger partial charge in [-0.3, -0.25) is 4.79 Å². The molecule has 0 spiro atoms. The third-order valence-corrected chi connectivity index (χ3v) is 4.36. The summed E-state index contributed by atoms with van der Waals surface area (Å²) in [5, 5.41) is 3.25. The maximum atomic E-state index is 12.6. The zero-order valence-corrected chi connectivity index (χ0v) is 12.1. The lowest BCUT2D eigenvalue weighted by Gasteiger charge is -2.24. The first-order chi connectivity index (χ1) is 9.22. The Hall–Kier alpha value is -1.31. The third kappa shape index (κ3) is 3.59.